The molecule has 1 fully saturated rings. The van der Waals surface area contributed by atoms with E-state index < -0.39 is 17.6 Å². The molecule has 0 saturated heterocycles. The predicted octanol–water partition coefficient (Wildman–Crippen LogP) is 3.81. The Balaban J connectivity index is 1.96. The Hall–Kier alpha value is -1.30. The first-order valence-electron chi connectivity index (χ1n) is 6.65. The van der Waals surface area contributed by atoms with E-state index in [4.69, 9.17) is 0 Å². The minimum absolute atomic E-state index is 0.0677. The van der Waals surface area contributed by atoms with Gasteiger partial charge >= 0.3 is 6.18 Å². The Bertz CT molecular complexity index is 461. The van der Waals surface area contributed by atoms with E-state index in [0.29, 0.717) is 19.0 Å². The second kappa shape index (κ2) is 5.99. The van der Waals surface area contributed by atoms with Crippen molar-refractivity contribution < 1.29 is 22.7 Å². The number of halogens is 4. The molecule has 2 rings (SSSR count). The average Bonchev–Trinajstić information content (AvgIpc) is 2.36. The van der Waals surface area contributed by atoms with Crippen LogP contribution in [0.1, 0.15) is 31.2 Å². The fraction of sp³-hybridized carbons (Fsp3) is 0.571. The van der Waals surface area contributed by atoms with Crippen LogP contribution >= 0.6 is 0 Å². The number of alkyl halides is 3. The number of nitrogens with one attached hydrogen (secondary N) is 1. The Labute approximate surface area is 114 Å². The van der Waals surface area contributed by atoms with E-state index >= 15 is 0 Å². The van der Waals surface area contributed by atoms with E-state index in [2.05, 4.69) is 5.32 Å². The minimum atomic E-state index is -4.53. The van der Waals surface area contributed by atoms with Crippen LogP contribution in [0.3, 0.4) is 0 Å². The third-order valence-electron chi connectivity index (χ3n) is 3.63. The van der Waals surface area contributed by atoms with Gasteiger partial charge in [0.1, 0.15) is 5.82 Å². The van der Waals surface area contributed by atoms with Gasteiger partial charge < -0.3 is 10.4 Å². The van der Waals surface area contributed by atoms with Gasteiger partial charge in [-0.3, -0.25) is 0 Å². The molecule has 2 unspecified atom stereocenters. The van der Waals surface area contributed by atoms with Gasteiger partial charge in [0, 0.05) is 6.54 Å². The second-order valence-electron chi connectivity index (χ2n) is 5.26. The fourth-order valence-corrected chi connectivity index (χ4v) is 2.54. The van der Waals surface area contributed by atoms with Crippen LogP contribution in [-0.2, 0) is 6.18 Å². The molecule has 1 saturated carbocycles. The molecule has 0 heterocycles. The van der Waals surface area contributed by atoms with Gasteiger partial charge in [-0.15, -0.1) is 0 Å². The molecule has 2 nitrogen and oxygen atoms in total. The molecule has 20 heavy (non-hydrogen) atoms. The van der Waals surface area contributed by atoms with Crippen LogP contribution in [-0.4, -0.2) is 17.8 Å². The molecular weight excluding hydrogens is 274 g/mol. The zero-order chi connectivity index (χ0) is 14.8. The highest BCUT2D eigenvalue weighted by atomic mass is 19.4. The lowest BCUT2D eigenvalue weighted by molar-refractivity contribution is -0.137. The summed E-state index contributed by atoms with van der Waals surface area (Å²) in [6, 6.07) is 2.47. The summed E-state index contributed by atoms with van der Waals surface area (Å²) in [6.07, 6.45) is -1.57. The second-order valence-corrected chi connectivity index (χ2v) is 5.26. The van der Waals surface area contributed by atoms with Crippen molar-refractivity contribution in [3.05, 3.63) is 29.6 Å². The average molecular weight is 291 g/mol. The number of hydrogen-bond acceptors (Lipinski definition) is 2. The van der Waals surface area contributed by atoms with E-state index in [1.807, 2.05) is 0 Å². The molecule has 2 atom stereocenters. The summed E-state index contributed by atoms with van der Waals surface area (Å²) in [6.45, 7) is 0.458. The largest absolute Gasteiger partial charge is 0.416 e. The molecule has 0 bridgehead atoms. The number of anilines is 1. The van der Waals surface area contributed by atoms with E-state index in [1.54, 1.807) is 0 Å². The van der Waals surface area contributed by atoms with Gasteiger partial charge in [0.2, 0.25) is 0 Å². The summed E-state index contributed by atoms with van der Waals surface area (Å²) in [5, 5.41) is 12.4. The Morgan fingerprint density at radius 2 is 2.00 bits per heavy atom. The van der Waals surface area contributed by atoms with Crippen molar-refractivity contribution in [3.8, 4) is 0 Å². The molecule has 112 valence electrons. The standard InChI is InChI=1S/C14H17F4NO/c15-12-7-10(14(16,17)18)4-5-13(12)19-8-9-2-1-3-11(20)6-9/h4-5,7,9,11,19-20H,1-3,6,8H2. The topological polar surface area (TPSA) is 32.3 Å². The summed E-state index contributed by atoms with van der Waals surface area (Å²) in [5.41, 5.74) is -0.924. The lowest BCUT2D eigenvalue weighted by atomic mass is 9.87. The first-order chi connectivity index (χ1) is 9.36. The smallest absolute Gasteiger partial charge is 0.393 e. The molecular formula is C14H17F4NO. The maximum Gasteiger partial charge on any atom is 0.416 e. The summed E-state index contributed by atoms with van der Waals surface area (Å²) >= 11 is 0. The van der Waals surface area contributed by atoms with Crippen molar-refractivity contribution in [2.24, 2.45) is 5.92 Å². The van der Waals surface area contributed by atoms with Gasteiger partial charge in [-0.1, -0.05) is 6.42 Å². The molecule has 6 heteroatoms. The number of benzene rings is 1. The monoisotopic (exact) mass is 291 g/mol. The minimum Gasteiger partial charge on any atom is -0.393 e. The van der Waals surface area contributed by atoms with Crippen LogP contribution < -0.4 is 5.32 Å². The van der Waals surface area contributed by atoms with Crippen LogP contribution in [0.15, 0.2) is 18.2 Å². The Kier molecular flexibility index (Phi) is 4.52. The maximum absolute atomic E-state index is 13.6. The fourth-order valence-electron chi connectivity index (χ4n) is 2.54. The molecule has 1 aromatic carbocycles. The third kappa shape index (κ3) is 3.85. The van der Waals surface area contributed by atoms with Gasteiger partial charge in [0.05, 0.1) is 17.4 Å². The van der Waals surface area contributed by atoms with Crippen molar-refractivity contribution >= 4 is 5.69 Å². The number of aliphatic hydroxyl groups is 1. The van der Waals surface area contributed by atoms with E-state index in [9.17, 15) is 22.7 Å². The van der Waals surface area contributed by atoms with Crippen molar-refractivity contribution in [2.45, 2.75) is 38.0 Å². The molecule has 1 aliphatic carbocycles. The third-order valence-corrected chi connectivity index (χ3v) is 3.63. The number of hydrogen-bond donors (Lipinski definition) is 2. The van der Waals surface area contributed by atoms with Gasteiger partial charge in [0.25, 0.3) is 0 Å². The van der Waals surface area contributed by atoms with Crippen molar-refractivity contribution in [2.75, 3.05) is 11.9 Å². The van der Waals surface area contributed by atoms with Gasteiger partial charge in [0.15, 0.2) is 0 Å². The Morgan fingerprint density at radius 3 is 2.60 bits per heavy atom. The van der Waals surface area contributed by atoms with E-state index in [-0.39, 0.29) is 17.7 Å². The predicted molar refractivity (Wildman–Crippen MR) is 67.9 cm³/mol. The number of rotatable bonds is 3. The quantitative estimate of drug-likeness (QED) is 0.830. The summed E-state index contributed by atoms with van der Waals surface area (Å²) in [7, 11) is 0. The number of aliphatic hydroxyl groups excluding tert-OH is 1. The maximum atomic E-state index is 13.6. The molecule has 0 radical (unpaired) electrons. The van der Waals surface area contributed by atoms with E-state index in [1.165, 1.54) is 0 Å². The Morgan fingerprint density at radius 1 is 1.25 bits per heavy atom. The van der Waals surface area contributed by atoms with Crippen LogP contribution in [0.2, 0.25) is 0 Å². The van der Waals surface area contributed by atoms with Crippen LogP contribution in [0, 0.1) is 11.7 Å². The van der Waals surface area contributed by atoms with E-state index in [0.717, 1.165) is 31.4 Å². The molecule has 2 N–H and O–H groups in total. The van der Waals surface area contributed by atoms with Crippen molar-refractivity contribution in [1.82, 2.24) is 0 Å². The highest BCUT2D eigenvalue weighted by Crippen LogP contribution is 2.31. The zero-order valence-electron chi connectivity index (χ0n) is 10.9. The molecule has 1 aliphatic rings. The molecule has 0 aromatic heterocycles. The molecule has 1 aromatic rings. The molecule has 0 aliphatic heterocycles. The summed E-state index contributed by atoms with van der Waals surface area (Å²) < 4.78 is 50.8. The first-order valence-corrected chi connectivity index (χ1v) is 6.65. The van der Waals surface area contributed by atoms with Crippen LogP contribution in [0.4, 0.5) is 23.2 Å². The lowest BCUT2D eigenvalue weighted by Crippen LogP contribution is -2.25. The van der Waals surface area contributed by atoms with Crippen LogP contribution in [0.5, 0.6) is 0 Å². The van der Waals surface area contributed by atoms with Crippen LogP contribution in [0.25, 0.3) is 0 Å². The van der Waals surface area contributed by atoms with Crippen molar-refractivity contribution in [1.29, 1.82) is 0 Å². The molecule has 0 spiro atoms. The summed E-state index contributed by atoms with van der Waals surface area (Å²) in [5.74, 6) is -0.684. The van der Waals surface area contributed by atoms with Gasteiger partial charge in [-0.05, 0) is 43.4 Å². The van der Waals surface area contributed by atoms with Gasteiger partial charge in [-0.2, -0.15) is 13.2 Å². The lowest BCUT2D eigenvalue weighted by Gasteiger charge is -2.26. The highest BCUT2D eigenvalue weighted by molar-refractivity contribution is 5.46. The summed E-state index contributed by atoms with van der Waals surface area (Å²) in [4.78, 5) is 0. The SMILES string of the molecule is OC1CCCC(CNc2ccc(C(F)(F)F)cc2F)C1. The normalized spacial score (nSPS) is 23.6. The zero-order valence-corrected chi connectivity index (χ0v) is 10.9. The first kappa shape index (κ1) is 15.1. The highest BCUT2D eigenvalue weighted by Gasteiger charge is 2.31. The van der Waals surface area contributed by atoms with Gasteiger partial charge in [-0.25, -0.2) is 4.39 Å². The molecule has 0 amide bonds. The van der Waals surface area contributed by atoms with Crippen molar-refractivity contribution in [3.63, 3.8) is 0 Å².